The second kappa shape index (κ2) is 8.70. The van der Waals surface area contributed by atoms with Crippen LogP contribution in [0.3, 0.4) is 0 Å². The molecule has 0 aromatic heterocycles. The maximum atomic E-state index is 13.0. The van der Waals surface area contributed by atoms with Gasteiger partial charge in [-0.15, -0.1) is 0 Å². The third-order valence-corrected chi connectivity index (χ3v) is 4.61. The second-order valence-electron chi connectivity index (χ2n) is 6.30. The Hall–Kier alpha value is -2.30. The summed E-state index contributed by atoms with van der Waals surface area (Å²) in [5.41, 5.74) is 0.819. The van der Waals surface area contributed by atoms with E-state index >= 15 is 0 Å². The highest BCUT2D eigenvalue weighted by molar-refractivity contribution is 6.21. The van der Waals surface area contributed by atoms with Crippen LogP contribution in [0.25, 0.3) is 5.57 Å². The lowest BCUT2D eigenvalue weighted by atomic mass is 9.86. The van der Waals surface area contributed by atoms with Gasteiger partial charge in [-0.3, -0.25) is 9.59 Å². The van der Waals surface area contributed by atoms with Crippen LogP contribution in [0.2, 0.25) is 0 Å². The molecule has 5 heteroatoms. The highest BCUT2D eigenvalue weighted by Gasteiger charge is 2.44. The van der Waals surface area contributed by atoms with Gasteiger partial charge in [0.1, 0.15) is 11.7 Å². The predicted molar refractivity (Wildman–Crippen MR) is 96.8 cm³/mol. The van der Waals surface area contributed by atoms with E-state index in [9.17, 15) is 14.7 Å². The van der Waals surface area contributed by atoms with Crippen LogP contribution in [0.15, 0.2) is 36.1 Å². The number of rotatable bonds is 7. The van der Waals surface area contributed by atoms with Crippen LogP contribution in [0, 0.1) is 5.92 Å². The lowest BCUT2D eigenvalue weighted by Crippen LogP contribution is -2.51. The molecular weight excluding hydrogens is 318 g/mol. The summed E-state index contributed by atoms with van der Waals surface area (Å²) < 4.78 is 5.14. The van der Waals surface area contributed by atoms with Gasteiger partial charge in [0.25, 0.3) is 5.91 Å². The van der Waals surface area contributed by atoms with Crippen molar-refractivity contribution in [2.45, 2.75) is 46.1 Å². The second-order valence-corrected chi connectivity index (χ2v) is 6.30. The molecule has 1 aliphatic rings. The molecule has 1 N–H and O–H groups in total. The van der Waals surface area contributed by atoms with E-state index in [0.717, 1.165) is 19.3 Å². The minimum absolute atomic E-state index is 0.186. The lowest BCUT2D eigenvalue weighted by molar-refractivity contribution is -0.151. The maximum absolute atomic E-state index is 13.0. The fraction of sp³-hybridized carbons (Fsp3) is 0.500. The first-order chi connectivity index (χ1) is 12.0. The topological polar surface area (TPSA) is 66.8 Å². The molecule has 0 bridgehead atoms. The standard InChI is InChI=1S/C20H27NO4/c1-4-6-10-13-21-14(3)16(20(24)25-5-2)18(22)17(19(21)23)15-11-8-7-9-12-15/h7-9,11-12,14,16,22H,4-6,10,13H2,1-3H3. The number of amides is 1. The Morgan fingerprint density at radius 1 is 1.20 bits per heavy atom. The van der Waals surface area contributed by atoms with E-state index in [2.05, 4.69) is 6.92 Å². The van der Waals surface area contributed by atoms with Gasteiger partial charge in [0.2, 0.25) is 0 Å². The number of benzene rings is 1. The van der Waals surface area contributed by atoms with E-state index in [1.807, 2.05) is 18.2 Å². The largest absolute Gasteiger partial charge is 0.510 e. The summed E-state index contributed by atoms with van der Waals surface area (Å²) in [6.45, 7) is 6.43. The van der Waals surface area contributed by atoms with Crippen molar-refractivity contribution in [1.29, 1.82) is 0 Å². The zero-order chi connectivity index (χ0) is 18.4. The molecule has 2 unspecified atom stereocenters. The molecule has 0 spiro atoms. The molecule has 0 saturated heterocycles. The van der Waals surface area contributed by atoms with Crippen LogP contribution in [0.1, 0.15) is 45.6 Å². The number of hydrogen-bond donors (Lipinski definition) is 1. The van der Waals surface area contributed by atoms with E-state index in [-0.39, 0.29) is 23.8 Å². The number of unbranched alkanes of at least 4 members (excludes halogenated alkanes) is 2. The van der Waals surface area contributed by atoms with Gasteiger partial charge in [0.15, 0.2) is 0 Å². The summed E-state index contributed by atoms with van der Waals surface area (Å²) in [6.07, 6.45) is 2.92. The summed E-state index contributed by atoms with van der Waals surface area (Å²) in [6, 6.07) is 8.57. The zero-order valence-corrected chi connectivity index (χ0v) is 15.2. The lowest BCUT2D eigenvalue weighted by Gasteiger charge is -2.38. The summed E-state index contributed by atoms with van der Waals surface area (Å²) in [5, 5.41) is 10.7. The molecule has 5 nitrogen and oxygen atoms in total. The van der Waals surface area contributed by atoms with Crippen molar-refractivity contribution in [3.8, 4) is 0 Å². The molecule has 0 radical (unpaired) electrons. The van der Waals surface area contributed by atoms with Crippen molar-refractivity contribution in [2.75, 3.05) is 13.2 Å². The van der Waals surface area contributed by atoms with Crippen molar-refractivity contribution in [3.05, 3.63) is 41.7 Å². The number of esters is 1. The van der Waals surface area contributed by atoms with Gasteiger partial charge in [-0.1, -0.05) is 50.1 Å². The molecule has 2 atom stereocenters. The van der Waals surface area contributed by atoms with E-state index in [1.54, 1.807) is 30.9 Å². The average Bonchev–Trinajstić information content (AvgIpc) is 2.59. The fourth-order valence-corrected chi connectivity index (χ4v) is 3.26. The molecule has 0 fully saturated rings. The van der Waals surface area contributed by atoms with Gasteiger partial charge in [-0.05, 0) is 25.8 Å². The molecule has 1 aromatic carbocycles. The number of aliphatic hydroxyl groups excluding tert-OH is 1. The first-order valence-electron chi connectivity index (χ1n) is 8.99. The minimum atomic E-state index is -0.852. The Morgan fingerprint density at radius 3 is 2.48 bits per heavy atom. The number of hydrogen-bond acceptors (Lipinski definition) is 4. The SMILES string of the molecule is CCCCCN1C(=O)C(c2ccccc2)=C(O)C(C(=O)OCC)C1C. The van der Waals surface area contributed by atoms with Crippen LogP contribution < -0.4 is 0 Å². The first-order valence-corrected chi connectivity index (χ1v) is 8.99. The van der Waals surface area contributed by atoms with E-state index in [4.69, 9.17) is 4.74 Å². The molecule has 1 amide bonds. The summed E-state index contributed by atoms with van der Waals surface area (Å²) in [4.78, 5) is 27.1. The number of ether oxygens (including phenoxy) is 1. The van der Waals surface area contributed by atoms with E-state index < -0.39 is 17.9 Å². The smallest absolute Gasteiger partial charge is 0.318 e. The Morgan fingerprint density at radius 2 is 1.88 bits per heavy atom. The number of nitrogens with zero attached hydrogens (tertiary/aromatic N) is 1. The third-order valence-electron chi connectivity index (χ3n) is 4.61. The van der Waals surface area contributed by atoms with Gasteiger partial charge < -0.3 is 14.7 Å². The highest BCUT2D eigenvalue weighted by atomic mass is 16.5. The van der Waals surface area contributed by atoms with Gasteiger partial charge in [-0.25, -0.2) is 0 Å². The summed E-state index contributed by atoms with van der Waals surface area (Å²) in [7, 11) is 0. The van der Waals surface area contributed by atoms with Crippen molar-refractivity contribution in [3.63, 3.8) is 0 Å². The van der Waals surface area contributed by atoms with Gasteiger partial charge in [0, 0.05) is 12.6 Å². The normalized spacial score (nSPS) is 20.8. The monoisotopic (exact) mass is 345 g/mol. The van der Waals surface area contributed by atoms with Crippen LogP contribution in [0.4, 0.5) is 0 Å². The Labute approximate surface area is 149 Å². The molecule has 2 rings (SSSR count). The van der Waals surface area contributed by atoms with Crippen LogP contribution in [0.5, 0.6) is 0 Å². The number of aliphatic hydroxyl groups is 1. The van der Waals surface area contributed by atoms with Crippen molar-refractivity contribution < 1.29 is 19.4 Å². The maximum Gasteiger partial charge on any atom is 0.318 e. The average molecular weight is 345 g/mol. The molecule has 25 heavy (non-hydrogen) atoms. The van der Waals surface area contributed by atoms with Gasteiger partial charge >= 0.3 is 5.97 Å². The number of carbonyl (C=O) groups is 2. The third kappa shape index (κ3) is 4.03. The summed E-state index contributed by atoms with van der Waals surface area (Å²) in [5.74, 6) is -1.76. The minimum Gasteiger partial charge on any atom is -0.510 e. The van der Waals surface area contributed by atoms with E-state index in [0.29, 0.717) is 12.1 Å². The number of carbonyl (C=O) groups excluding carboxylic acids is 2. The molecule has 136 valence electrons. The van der Waals surface area contributed by atoms with Crippen LogP contribution in [-0.4, -0.2) is 41.1 Å². The Kier molecular flexibility index (Phi) is 6.62. The van der Waals surface area contributed by atoms with Crippen molar-refractivity contribution in [1.82, 2.24) is 4.90 Å². The van der Waals surface area contributed by atoms with Gasteiger partial charge in [0.05, 0.1) is 12.2 Å². The van der Waals surface area contributed by atoms with Crippen LogP contribution in [-0.2, 0) is 14.3 Å². The molecule has 0 saturated carbocycles. The molecule has 0 aliphatic carbocycles. The van der Waals surface area contributed by atoms with Crippen LogP contribution >= 0.6 is 0 Å². The molecule has 1 aliphatic heterocycles. The van der Waals surface area contributed by atoms with Crippen molar-refractivity contribution in [2.24, 2.45) is 5.92 Å². The quantitative estimate of drug-likeness (QED) is 0.606. The van der Waals surface area contributed by atoms with Crippen molar-refractivity contribution >= 4 is 17.4 Å². The predicted octanol–water partition coefficient (Wildman–Crippen LogP) is 3.56. The zero-order valence-electron chi connectivity index (χ0n) is 15.2. The molecule has 1 heterocycles. The Bertz CT molecular complexity index is 638. The first kappa shape index (κ1) is 19.0. The van der Waals surface area contributed by atoms with E-state index in [1.165, 1.54) is 0 Å². The molecular formula is C20H27NO4. The highest BCUT2D eigenvalue weighted by Crippen LogP contribution is 2.34. The molecule has 1 aromatic rings. The van der Waals surface area contributed by atoms with Gasteiger partial charge in [-0.2, -0.15) is 0 Å². The fourth-order valence-electron chi connectivity index (χ4n) is 3.26. The summed E-state index contributed by atoms with van der Waals surface area (Å²) >= 11 is 0. The Balaban J connectivity index is 2.45.